The Balaban J connectivity index is 1.77. The van der Waals surface area contributed by atoms with Crippen molar-refractivity contribution in [2.45, 2.75) is 6.61 Å². The molecule has 1 radical (unpaired) electrons. The fraction of sp³-hybridized carbons (Fsp3) is 0.0667. The number of hydrogen-bond donors (Lipinski definition) is 0. The predicted molar refractivity (Wildman–Crippen MR) is 68.0 cm³/mol. The van der Waals surface area contributed by atoms with Gasteiger partial charge in [-0.05, 0) is 17.7 Å². The molecule has 1 aliphatic rings. The molecule has 3 rings (SSSR count). The standard InChI is InChI=1S/C15H12NO/c1-2-5-12(6-3-1)11-17-14-8-4-7-13-9-10-16-15(13)14/h1-10H,11H2. The van der Waals surface area contributed by atoms with Gasteiger partial charge in [-0.3, -0.25) is 5.32 Å². The smallest absolute Gasteiger partial charge is 0.146 e. The van der Waals surface area contributed by atoms with Crippen LogP contribution >= 0.6 is 0 Å². The van der Waals surface area contributed by atoms with Crippen LogP contribution in [0.3, 0.4) is 0 Å². The Hall–Kier alpha value is -2.22. The van der Waals surface area contributed by atoms with Gasteiger partial charge in [0, 0.05) is 11.8 Å². The quantitative estimate of drug-likeness (QED) is 0.779. The van der Waals surface area contributed by atoms with Crippen molar-refractivity contribution in [2.75, 3.05) is 0 Å². The first-order valence-electron chi connectivity index (χ1n) is 5.60. The van der Waals surface area contributed by atoms with E-state index in [1.807, 2.05) is 42.5 Å². The molecule has 2 heteroatoms. The molecule has 2 aromatic rings. The third-order valence-electron chi connectivity index (χ3n) is 2.73. The van der Waals surface area contributed by atoms with Crippen LogP contribution in [0.2, 0.25) is 0 Å². The minimum atomic E-state index is 0.576. The molecule has 0 unspecified atom stereocenters. The second-order valence-corrected chi connectivity index (χ2v) is 3.91. The van der Waals surface area contributed by atoms with Crippen LogP contribution < -0.4 is 10.1 Å². The molecule has 0 amide bonds. The normalized spacial score (nSPS) is 12.0. The molecule has 83 valence electrons. The molecule has 0 aromatic heterocycles. The summed E-state index contributed by atoms with van der Waals surface area (Å²) in [4.78, 5) is 0. The fourth-order valence-electron chi connectivity index (χ4n) is 1.86. The van der Waals surface area contributed by atoms with Gasteiger partial charge in [-0.15, -0.1) is 0 Å². The molecule has 2 nitrogen and oxygen atoms in total. The second-order valence-electron chi connectivity index (χ2n) is 3.91. The van der Waals surface area contributed by atoms with E-state index in [4.69, 9.17) is 4.74 Å². The number of ether oxygens (including phenoxy) is 1. The molecule has 1 heterocycles. The maximum Gasteiger partial charge on any atom is 0.146 e. The van der Waals surface area contributed by atoms with Gasteiger partial charge in [-0.25, -0.2) is 0 Å². The summed E-state index contributed by atoms with van der Waals surface area (Å²) in [6.07, 6.45) is 3.80. The SMILES string of the molecule is C1=Cc2cccc(OCc3ccccc3)c2[N]1. The predicted octanol–water partition coefficient (Wildman–Crippen LogP) is 3.49. The zero-order chi connectivity index (χ0) is 11.5. The highest BCUT2D eigenvalue weighted by atomic mass is 16.5. The largest absolute Gasteiger partial charge is 0.487 e. The van der Waals surface area contributed by atoms with Gasteiger partial charge in [0.25, 0.3) is 0 Å². The van der Waals surface area contributed by atoms with Gasteiger partial charge in [0.1, 0.15) is 18.0 Å². The van der Waals surface area contributed by atoms with Crippen molar-refractivity contribution < 1.29 is 4.74 Å². The van der Waals surface area contributed by atoms with Crippen LogP contribution in [0, 0.1) is 0 Å². The molecule has 0 N–H and O–H groups in total. The van der Waals surface area contributed by atoms with Crippen molar-refractivity contribution in [1.82, 2.24) is 5.32 Å². The third kappa shape index (κ3) is 2.02. The number of benzene rings is 2. The Morgan fingerprint density at radius 1 is 0.941 bits per heavy atom. The van der Waals surface area contributed by atoms with E-state index >= 15 is 0 Å². The fourth-order valence-corrected chi connectivity index (χ4v) is 1.86. The number of fused-ring (bicyclic) bond motifs is 1. The van der Waals surface area contributed by atoms with Gasteiger partial charge in [-0.1, -0.05) is 42.5 Å². The van der Waals surface area contributed by atoms with Crippen LogP contribution in [0.25, 0.3) is 6.08 Å². The van der Waals surface area contributed by atoms with E-state index < -0.39 is 0 Å². The second kappa shape index (κ2) is 4.34. The molecule has 2 aromatic carbocycles. The number of rotatable bonds is 3. The summed E-state index contributed by atoms with van der Waals surface area (Å²) in [5.74, 6) is 0.844. The molecule has 0 atom stereocenters. The lowest BCUT2D eigenvalue weighted by molar-refractivity contribution is 0.306. The Morgan fingerprint density at radius 2 is 1.82 bits per heavy atom. The van der Waals surface area contributed by atoms with Crippen LogP contribution in [0.1, 0.15) is 11.1 Å². The Labute approximate surface area is 101 Å². The molecule has 0 saturated carbocycles. The molecular weight excluding hydrogens is 210 g/mol. The van der Waals surface area contributed by atoms with Crippen molar-refractivity contribution in [3.8, 4) is 5.75 Å². The first kappa shape index (κ1) is 9.97. The van der Waals surface area contributed by atoms with Gasteiger partial charge in [0.15, 0.2) is 0 Å². The zero-order valence-electron chi connectivity index (χ0n) is 9.34. The molecular formula is C15H12NO. The van der Waals surface area contributed by atoms with Crippen LogP contribution in [0.4, 0.5) is 5.69 Å². The van der Waals surface area contributed by atoms with E-state index in [1.54, 1.807) is 6.20 Å². The molecule has 0 spiro atoms. The summed E-state index contributed by atoms with van der Waals surface area (Å²) >= 11 is 0. The first-order chi connectivity index (χ1) is 8.43. The number of para-hydroxylation sites is 1. The van der Waals surface area contributed by atoms with Crippen molar-refractivity contribution in [1.29, 1.82) is 0 Å². The van der Waals surface area contributed by atoms with E-state index in [1.165, 1.54) is 0 Å². The van der Waals surface area contributed by atoms with E-state index in [2.05, 4.69) is 17.4 Å². The van der Waals surface area contributed by atoms with E-state index in [0.717, 1.165) is 22.6 Å². The zero-order valence-corrected chi connectivity index (χ0v) is 9.34. The Bertz CT molecular complexity index is 546. The third-order valence-corrected chi connectivity index (χ3v) is 2.73. The van der Waals surface area contributed by atoms with Crippen LogP contribution in [0.15, 0.2) is 54.7 Å². The lowest BCUT2D eigenvalue weighted by Crippen LogP contribution is -1.97. The minimum absolute atomic E-state index is 0.576. The lowest BCUT2D eigenvalue weighted by atomic mass is 10.2. The van der Waals surface area contributed by atoms with Crippen molar-refractivity contribution >= 4 is 11.8 Å². The van der Waals surface area contributed by atoms with Crippen LogP contribution in [-0.2, 0) is 6.61 Å². The summed E-state index contributed by atoms with van der Waals surface area (Å²) in [5, 5.41) is 4.31. The average molecular weight is 222 g/mol. The number of nitrogens with zero attached hydrogens (tertiary/aromatic N) is 1. The molecule has 0 aliphatic carbocycles. The molecule has 17 heavy (non-hydrogen) atoms. The van der Waals surface area contributed by atoms with Gasteiger partial charge >= 0.3 is 0 Å². The van der Waals surface area contributed by atoms with Crippen LogP contribution in [-0.4, -0.2) is 0 Å². The molecule has 0 bridgehead atoms. The monoisotopic (exact) mass is 222 g/mol. The first-order valence-corrected chi connectivity index (χ1v) is 5.60. The maximum atomic E-state index is 5.80. The highest BCUT2D eigenvalue weighted by Crippen LogP contribution is 2.33. The summed E-state index contributed by atoms with van der Waals surface area (Å²) in [6, 6.07) is 16.1. The number of hydrogen-bond acceptors (Lipinski definition) is 1. The lowest BCUT2D eigenvalue weighted by Gasteiger charge is -2.09. The van der Waals surface area contributed by atoms with Gasteiger partial charge < -0.3 is 4.74 Å². The Morgan fingerprint density at radius 3 is 2.71 bits per heavy atom. The molecule has 0 saturated heterocycles. The summed E-state index contributed by atoms with van der Waals surface area (Å²) in [7, 11) is 0. The van der Waals surface area contributed by atoms with Gasteiger partial charge in [0.05, 0.1) is 0 Å². The van der Waals surface area contributed by atoms with Crippen molar-refractivity contribution in [2.24, 2.45) is 0 Å². The highest BCUT2D eigenvalue weighted by molar-refractivity contribution is 5.74. The van der Waals surface area contributed by atoms with Gasteiger partial charge in [0.2, 0.25) is 0 Å². The molecule has 1 aliphatic heterocycles. The van der Waals surface area contributed by atoms with Crippen molar-refractivity contribution in [3.05, 3.63) is 65.9 Å². The van der Waals surface area contributed by atoms with E-state index in [0.29, 0.717) is 6.61 Å². The van der Waals surface area contributed by atoms with Crippen molar-refractivity contribution in [3.63, 3.8) is 0 Å². The van der Waals surface area contributed by atoms with Crippen LogP contribution in [0.5, 0.6) is 5.75 Å². The highest BCUT2D eigenvalue weighted by Gasteiger charge is 2.11. The minimum Gasteiger partial charge on any atom is -0.487 e. The molecule has 0 fully saturated rings. The maximum absolute atomic E-state index is 5.80. The summed E-state index contributed by atoms with van der Waals surface area (Å²) < 4.78 is 5.80. The summed E-state index contributed by atoms with van der Waals surface area (Å²) in [6.45, 7) is 0.576. The summed E-state index contributed by atoms with van der Waals surface area (Å²) in [5.41, 5.74) is 3.22. The topological polar surface area (TPSA) is 23.3 Å². The average Bonchev–Trinajstić information content (AvgIpc) is 2.86. The van der Waals surface area contributed by atoms with E-state index in [9.17, 15) is 0 Å². The van der Waals surface area contributed by atoms with E-state index in [-0.39, 0.29) is 0 Å². The Kier molecular flexibility index (Phi) is 2.54. The van der Waals surface area contributed by atoms with Gasteiger partial charge in [-0.2, -0.15) is 0 Å².